The maximum absolute atomic E-state index is 12.5. The van der Waals surface area contributed by atoms with Gasteiger partial charge < -0.3 is 14.7 Å². The Morgan fingerprint density at radius 3 is 2.17 bits per heavy atom. The van der Waals surface area contributed by atoms with Crippen LogP contribution in [0.3, 0.4) is 0 Å². The monoisotopic (exact) mass is 317 g/mol. The topological polar surface area (TPSA) is 69.6 Å². The van der Waals surface area contributed by atoms with Crippen molar-refractivity contribution < 1.29 is 9.59 Å². The molecule has 0 spiro atoms. The molecule has 0 bridgehead atoms. The van der Waals surface area contributed by atoms with Gasteiger partial charge in [-0.25, -0.2) is 0 Å². The second-order valence-electron chi connectivity index (χ2n) is 6.11. The first-order valence-electron chi connectivity index (χ1n) is 8.35. The Morgan fingerprint density at radius 2 is 1.61 bits per heavy atom. The number of hydrogen-bond donors (Lipinski definition) is 0. The number of hydrogen-bond acceptors (Lipinski definition) is 5. The van der Waals surface area contributed by atoms with Crippen molar-refractivity contribution in [3.63, 3.8) is 0 Å². The number of piperazine rings is 1. The van der Waals surface area contributed by atoms with Crippen molar-refractivity contribution in [2.45, 2.75) is 25.7 Å². The summed E-state index contributed by atoms with van der Waals surface area (Å²) in [7, 11) is 0. The highest BCUT2D eigenvalue weighted by molar-refractivity contribution is 5.92. The van der Waals surface area contributed by atoms with Crippen LogP contribution in [0.5, 0.6) is 0 Å². The summed E-state index contributed by atoms with van der Waals surface area (Å²) in [6.45, 7) is 4.50. The van der Waals surface area contributed by atoms with Gasteiger partial charge in [-0.15, -0.1) is 10.2 Å². The third-order valence-electron chi connectivity index (χ3n) is 4.55. The number of anilines is 1. The summed E-state index contributed by atoms with van der Waals surface area (Å²) >= 11 is 0. The molecular weight excluding hydrogens is 294 g/mol. The Hall–Kier alpha value is -2.18. The van der Waals surface area contributed by atoms with Gasteiger partial charge in [-0.05, 0) is 25.0 Å². The zero-order valence-electron chi connectivity index (χ0n) is 13.4. The fraction of sp³-hybridized carbons (Fsp3) is 0.625. The van der Waals surface area contributed by atoms with Crippen LogP contribution in [-0.2, 0) is 4.79 Å². The van der Waals surface area contributed by atoms with Crippen LogP contribution < -0.4 is 4.90 Å². The highest BCUT2D eigenvalue weighted by atomic mass is 16.2. The van der Waals surface area contributed by atoms with Gasteiger partial charge in [0.05, 0.1) is 0 Å². The summed E-state index contributed by atoms with van der Waals surface area (Å²) in [6, 6.07) is 3.62. The minimum atomic E-state index is -0.0169. The maximum Gasteiger partial charge on any atom is 0.274 e. The number of amides is 2. The summed E-state index contributed by atoms with van der Waals surface area (Å²) in [5.41, 5.74) is 0.419. The molecule has 1 aromatic rings. The number of rotatable bonds is 3. The third-order valence-corrected chi connectivity index (χ3v) is 4.55. The lowest BCUT2D eigenvalue weighted by atomic mass is 10.2. The molecule has 2 fully saturated rings. The quantitative estimate of drug-likeness (QED) is 0.770. The molecule has 7 heteroatoms. The van der Waals surface area contributed by atoms with E-state index >= 15 is 0 Å². The zero-order chi connectivity index (χ0) is 16.1. The summed E-state index contributed by atoms with van der Waals surface area (Å²) in [6.07, 6.45) is 5.41. The largest absolute Gasteiger partial charge is 0.352 e. The fourth-order valence-electron chi connectivity index (χ4n) is 3.10. The van der Waals surface area contributed by atoms with E-state index in [-0.39, 0.29) is 5.91 Å². The van der Waals surface area contributed by atoms with E-state index in [9.17, 15) is 9.59 Å². The Kier molecular flexibility index (Phi) is 5.05. The van der Waals surface area contributed by atoms with Crippen molar-refractivity contribution >= 4 is 18.1 Å². The van der Waals surface area contributed by atoms with Crippen molar-refractivity contribution in [2.75, 3.05) is 44.2 Å². The number of aromatic nitrogens is 2. The van der Waals surface area contributed by atoms with Gasteiger partial charge in [-0.1, -0.05) is 12.8 Å². The van der Waals surface area contributed by atoms with Crippen LogP contribution >= 0.6 is 0 Å². The van der Waals surface area contributed by atoms with E-state index in [4.69, 9.17) is 0 Å². The number of nitrogens with zero attached hydrogens (tertiary/aromatic N) is 5. The second kappa shape index (κ2) is 7.39. The molecule has 23 heavy (non-hydrogen) atoms. The van der Waals surface area contributed by atoms with Crippen molar-refractivity contribution in [3.05, 3.63) is 17.8 Å². The number of carbonyl (C=O) groups is 2. The Bertz CT molecular complexity index is 532. The standard InChI is InChI=1S/C16H23N5O2/c22-13-19-9-11-20(12-10-19)15-6-5-14(17-18-15)16(23)21-7-3-1-2-4-8-21/h5-6,13H,1-4,7-12H2. The van der Waals surface area contributed by atoms with Gasteiger partial charge in [0.1, 0.15) is 0 Å². The molecular formula is C16H23N5O2. The molecule has 3 heterocycles. The van der Waals surface area contributed by atoms with Crippen molar-refractivity contribution in [1.82, 2.24) is 20.0 Å². The molecule has 3 rings (SSSR count). The molecule has 2 saturated heterocycles. The molecule has 7 nitrogen and oxygen atoms in total. The van der Waals surface area contributed by atoms with E-state index < -0.39 is 0 Å². The van der Waals surface area contributed by atoms with Gasteiger partial charge in [-0.2, -0.15) is 0 Å². The average Bonchev–Trinajstić information content (AvgIpc) is 2.91. The molecule has 0 atom stereocenters. The lowest BCUT2D eigenvalue weighted by Crippen LogP contribution is -2.46. The molecule has 1 aromatic heterocycles. The number of likely N-dealkylation sites (tertiary alicyclic amines) is 1. The Balaban J connectivity index is 1.62. The normalized spacial score (nSPS) is 19.4. The molecule has 2 aliphatic heterocycles. The van der Waals surface area contributed by atoms with E-state index in [1.165, 1.54) is 12.8 Å². The summed E-state index contributed by atoms with van der Waals surface area (Å²) in [4.78, 5) is 29.0. The van der Waals surface area contributed by atoms with Crippen LogP contribution in [0.4, 0.5) is 5.82 Å². The minimum absolute atomic E-state index is 0.0169. The fourth-order valence-corrected chi connectivity index (χ4v) is 3.10. The summed E-state index contributed by atoms with van der Waals surface area (Å²) in [5, 5.41) is 8.35. The predicted octanol–water partition coefficient (Wildman–Crippen LogP) is 0.771. The van der Waals surface area contributed by atoms with E-state index in [2.05, 4.69) is 15.1 Å². The first-order valence-corrected chi connectivity index (χ1v) is 8.35. The van der Waals surface area contributed by atoms with Crippen molar-refractivity contribution in [2.24, 2.45) is 0 Å². The van der Waals surface area contributed by atoms with Crippen LogP contribution in [0.25, 0.3) is 0 Å². The van der Waals surface area contributed by atoms with Crippen LogP contribution in [-0.4, -0.2) is 71.6 Å². The Morgan fingerprint density at radius 1 is 0.913 bits per heavy atom. The molecule has 0 radical (unpaired) electrons. The maximum atomic E-state index is 12.5. The van der Waals surface area contributed by atoms with E-state index in [1.807, 2.05) is 11.0 Å². The minimum Gasteiger partial charge on any atom is -0.352 e. The van der Waals surface area contributed by atoms with E-state index in [1.54, 1.807) is 11.0 Å². The van der Waals surface area contributed by atoms with Crippen LogP contribution in [0.2, 0.25) is 0 Å². The predicted molar refractivity (Wildman–Crippen MR) is 86.3 cm³/mol. The lowest BCUT2D eigenvalue weighted by molar-refractivity contribution is -0.118. The SMILES string of the molecule is O=CN1CCN(c2ccc(C(=O)N3CCCCCC3)nn2)CC1. The molecule has 2 amide bonds. The second-order valence-corrected chi connectivity index (χ2v) is 6.11. The van der Waals surface area contributed by atoms with Gasteiger partial charge in [0, 0.05) is 39.3 Å². The van der Waals surface area contributed by atoms with Gasteiger partial charge in [-0.3, -0.25) is 9.59 Å². The van der Waals surface area contributed by atoms with Crippen LogP contribution in [0.15, 0.2) is 12.1 Å². The lowest BCUT2D eigenvalue weighted by Gasteiger charge is -2.33. The van der Waals surface area contributed by atoms with Crippen molar-refractivity contribution in [1.29, 1.82) is 0 Å². The number of carbonyl (C=O) groups excluding carboxylic acids is 2. The molecule has 0 N–H and O–H groups in total. The molecule has 0 aromatic carbocycles. The van der Waals surface area contributed by atoms with Gasteiger partial charge >= 0.3 is 0 Å². The average molecular weight is 317 g/mol. The molecule has 0 saturated carbocycles. The van der Waals surface area contributed by atoms with Crippen LogP contribution in [0, 0.1) is 0 Å². The Labute approximate surface area is 136 Å². The van der Waals surface area contributed by atoms with Gasteiger partial charge in [0.15, 0.2) is 11.5 Å². The molecule has 2 aliphatic rings. The first-order chi connectivity index (χ1) is 11.3. The van der Waals surface area contributed by atoms with E-state index in [0.717, 1.165) is 51.2 Å². The smallest absolute Gasteiger partial charge is 0.274 e. The first kappa shape index (κ1) is 15.7. The highest BCUT2D eigenvalue weighted by Crippen LogP contribution is 2.15. The van der Waals surface area contributed by atoms with Crippen molar-refractivity contribution in [3.8, 4) is 0 Å². The third kappa shape index (κ3) is 3.78. The molecule has 0 aliphatic carbocycles. The van der Waals surface area contributed by atoms with Gasteiger partial charge in [0.2, 0.25) is 6.41 Å². The van der Waals surface area contributed by atoms with Crippen LogP contribution in [0.1, 0.15) is 36.2 Å². The zero-order valence-corrected chi connectivity index (χ0v) is 13.4. The molecule has 124 valence electrons. The molecule has 0 unspecified atom stereocenters. The van der Waals surface area contributed by atoms with E-state index in [0.29, 0.717) is 18.8 Å². The highest BCUT2D eigenvalue weighted by Gasteiger charge is 2.21. The van der Waals surface area contributed by atoms with Gasteiger partial charge in [0.25, 0.3) is 5.91 Å². The summed E-state index contributed by atoms with van der Waals surface area (Å²) in [5.74, 6) is 0.750. The summed E-state index contributed by atoms with van der Waals surface area (Å²) < 4.78 is 0.